The first-order valence-electron chi connectivity index (χ1n) is 6.27. The van der Waals surface area contributed by atoms with Gasteiger partial charge in [-0.1, -0.05) is 28.1 Å². The van der Waals surface area contributed by atoms with Gasteiger partial charge in [0, 0.05) is 4.47 Å². The predicted octanol–water partition coefficient (Wildman–Crippen LogP) is 2.53. The fraction of sp³-hybridized carbons (Fsp3) is 0.429. The summed E-state index contributed by atoms with van der Waals surface area (Å²) in [6.07, 6.45) is 1.76. The first-order chi connectivity index (χ1) is 8.99. The lowest BCUT2D eigenvalue weighted by atomic mass is 10.00. The van der Waals surface area contributed by atoms with Crippen molar-refractivity contribution in [1.29, 1.82) is 0 Å². The minimum absolute atomic E-state index is 0.0959. The molecule has 1 fully saturated rings. The minimum atomic E-state index is -0.946. The average Bonchev–Trinajstić information content (AvgIpc) is 3.19. The quantitative estimate of drug-likeness (QED) is 0.874. The van der Waals surface area contributed by atoms with E-state index in [2.05, 4.69) is 21.2 Å². The van der Waals surface area contributed by atoms with Gasteiger partial charge in [-0.25, -0.2) is 4.79 Å². The summed E-state index contributed by atoms with van der Waals surface area (Å²) in [6, 6.07) is 6.72. The summed E-state index contributed by atoms with van der Waals surface area (Å²) >= 11 is 3.34. The van der Waals surface area contributed by atoms with E-state index in [1.807, 2.05) is 24.3 Å². The van der Waals surface area contributed by atoms with Crippen molar-refractivity contribution in [1.82, 2.24) is 5.32 Å². The largest absolute Gasteiger partial charge is 0.480 e. The number of carboxylic acid groups (broad SMARTS) is 1. The zero-order valence-corrected chi connectivity index (χ0v) is 12.2. The standard InChI is InChI=1S/C14H16BrNO3/c1-8(9-4-6-11(15)7-5-9)13(17)16-12(14(18)19)10-2-3-10/h4-8,10,12H,2-3H2,1H3,(H,16,17)(H,18,19). The predicted molar refractivity (Wildman–Crippen MR) is 74.8 cm³/mol. The first-order valence-corrected chi connectivity index (χ1v) is 7.07. The molecule has 1 amide bonds. The molecule has 1 aliphatic carbocycles. The molecule has 2 unspecified atom stereocenters. The number of carboxylic acids is 1. The molecule has 0 aliphatic heterocycles. The van der Waals surface area contributed by atoms with E-state index in [1.54, 1.807) is 6.92 Å². The second-order valence-corrected chi connectivity index (χ2v) is 5.85. The SMILES string of the molecule is CC(C(=O)NC(C(=O)O)C1CC1)c1ccc(Br)cc1. The van der Waals surface area contributed by atoms with Gasteiger partial charge in [0.25, 0.3) is 0 Å². The van der Waals surface area contributed by atoms with E-state index in [0.717, 1.165) is 22.9 Å². The average molecular weight is 326 g/mol. The lowest BCUT2D eigenvalue weighted by Crippen LogP contribution is -2.44. The molecule has 4 nitrogen and oxygen atoms in total. The molecule has 0 heterocycles. The van der Waals surface area contributed by atoms with Gasteiger partial charge in [-0.05, 0) is 43.4 Å². The van der Waals surface area contributed by atoms with Crippen LogP contribution in [0.4, 0.5) is 0 Å². The topological polar surface area (TPSA) is 66.4 Å². The van der Waals surface area contributed by atoms with Gasteiger partial charge in [-0.2, -0.15) is 0 Å². The molecular formula is C14H16BrNO3. The maximum absolute atomic E-state index is 12.1. The molecule has 2 atom stereocenters. The van der Waals surface area contributed by atoms with E-state index in [9.17, 15) is 9.59 Å². The van der Waals surface area contributed by atoms with E-state index >= 15 is 0 Å². The van der Waals surface area contributed by atoms with Crippen LogP contribution in [0, 0.1) is 5.92 Å². The van der Waals surface area contributed by atoms with Crippen LogP contribution in [0.15, 0.2) is 28.7 Å². The number of benzene rings is 1. The molecule has 1 aromatic rings. The van der Waals surface area contributed by atoms with Crippen molar-refractivity contribution in [2.45, 2.75) is 31.7 Å². The van der Waals surface area contributed by atoms with Gasteiger partial charge < -0.3 is 10.4 Å². The van der Waals surface area contributed by atoms with Crippen LogP contribution in [0.5, 0.6) is 0 Å². The third kappa shape index (κ3) is 3.56. The zero-order chi connectivity index (χ0) is 14.0. The smallest absolute Gasteiger partial charge is 0.326 e. The van der Waals surface area contributed by atoms with Crippen molar-refractivity contribution < 1.29 is 14.7 Å². The molecule has 0 saturated heterocycles. The van der Waals surface area contributed by atoms with Crippen molar-refractivity contribution >= 4 is 27.8 Å². The molecule has 1 aromatic carbocycles. The van der Waals surface area contributed by atoms with Crippen LogP contribution in [-0.4, -0.2) is 23.0 Å². The van der Waals surface area contributed by atoms with Crippen LogP contribution < -0.4 is 5.32 Å². The summed E-state index contributed by atoms with van der Waals surface area (Å²) in [4.78, 5) is 23.2. The number of rotatable bonds is 5. The highest BCUT2D eigenvalue weighted by Crippen LogP contribution is 2.33. The van der Waals surface area contributed by atoms with Gasteiger partial charge >= 0.3 is 5.97 Å². The Bertz CT molecular complexity index is 482. The summed E-state index contributed by atoms with van der Waals surface area (Å²) in [5.41, 5.74) is 0.876. The summed E-state index contributed by atoms with van der Waals surface area (Å²) in [7, 11) is 0. The van der Waals surface area contributed by atoms with E-state index in [1.165, 1.54) is 0 Å². The molecule has 5 heteroatoms. The molecule has 2 rings (SSSR count). The lowest BCUT2D eigenvalue weighted by molar-refractivity contribution is -0.142. The number of carbonyl (C=O) groups excluding carboxylic acids is 1. The van der Waals surface area contributed by atoms with E-state index in [-0.39, 0.29) is 17.7 Å². The van der Waals surface area contributed by atoms with Gasteiger partial charge in [0.05, 0.1) is 5.92 Å². The molecule has 102 valence electrons. The van der Waals surface area contributed by atoms with Gasteiger partial charge in [0.2, 0.25) is 5.91 Å². The maximum atomic E-state index is 12.1. The normalized spacial score (nSPS) is 17.6. The summed E-state index contributed by atoms with van der Waals surface area (Å²) in [5.74, 6) is -1.44. The highest BCUT2D eigenvalue weighted by atomic mass is 79.9. The highest BCUT2D eigenvalue weighted by molar-refractivity contribution is 9.10. The van der Waals surface area contributed by atoms with Crippen molar-refractivity contribution in [2.75, 3.05) is 0 Å². The van der Waals surface area contributed by atoms with E-state index in [0.29, 0.717) is 0 Å². The molecule has 1 aliphatic rings. The number of nitrogens with one attached hydrogen (secondary N) is 1. The molecule has 0 bridgehead atoms. The molecule has 2 N–H and O–H groups in total. The van der Waals surface area contributed by atoms with Crippen LogP contribution in [0.1, 0.15) is 31.2 Å². The van der Waals surface area contributed by atoms with Crippen LogP contribution in [0.3, 0.4) is 0 Å². The van der Waals surface area contributed by atoms with E-state index in [4.69, 9.17) is 5.11 Å². The molecule has 0 radical (unpaired) electrons. The summed E-state index contributed by atoms with van der Waals surface area (Å²) in [5, 5.41) is 11.7. The summed E-state index contributed by atoms with van der Waals surface area (Å²) < 4.78 is 0.949. The first kappa shape index (κ1) is 14.1. The van der Waals surface area contributed by atoms with Crippen LogP contribution in [-0.2, 0) is 9.59 Å². The Hall–Kier alpha value is -1.36. The third-order valence-electron chi connectivity index (χ3n) is 3.42. The van der Waals surface area contributed by atoms with Crippen LogP contribution in [0.25, 0.3) is 0 Å². The Morgan fingerprint density at radius 1 is 1.32 bits per heavy atom. The third-order valence-corrected chi connectivity index (χ3v) is 3.95. The van der Waals surface area contributed by atoms with Gasteiger partial charge in [-0.3, -0.25) is 4.79 Å². The van der Waals surface area contributed by atoms with Crippen LogP contribution in [0.2, 0.25) is 0 Å². The molecule has 0 spiro atoms. The Morgan fingerprint density at radius 3 is 2.37 bits per heavy atom. The Kier molecular flexibility index (Phi) is 4.24. The van der Waals surface area contributed by atoms with Gasteiger partial charge in [0.15, 0.2) is 0 Å². The van der Waals surface area contributed by atoms with Crippen molar-refractivity contribution in [3.63, 3.8) is 0 Å². The molecule has 1 saturated carbocycles. The summed E-state index contributed by atoms with van der Waals surface area (Å²) in [6.45, 7) is 1.78. The molecule has 19 heavy (non-hydrogen) atoms. The Morgan fingerprint density at radius 2 is 1.89 bits per heavy atom. The van der Waals surface area contributed by atoms with Crippen molar-refractivity contribution in [3.05, 3.63) is 34.3 Å². The van der Waals surface area contributed by atoms with Gasteiger partial charge in [0.1, 0.15) is 6.04 Å². The fourth-order valence-electron chi connectivity index (χ4n) is 1.99. The lowest BCUT2D eigenvalue weighted by Gasteiger charge is -2.17. The second-order valence-electron chi connectivity index (χ2n) is 4.94. The number of carbonyl (C=O) groups is 2. The second kappa shape index (κ2) is 5.74. The fourth-order valence-corrected chi connectivity index (χ4v) is 2.26. The van der Waals surface area contributed by atoms with E-state index < -0.39 is 12.0 Å². The maximum Gasteiger partial charge on any atom is 0.326 e. The Labute approximate surface area is 120 Å². The van der Waals surface area contributed by atoms with Crippen molar-refractivity contribution in [3.8, 4) is 0 Å². The number of aliphatic carboxylic acids is 1. The highest BCUT2D eigenvalue weighted by Gasteiger charge is 2.37. The molecular weight excluding hydrogens is 310 g/mol. The molecule has 0 aromatic heterocycles. The van der Waals surface area contributed by atoms with Gasteiger partial charge in [-0.15, -0.1) is 0 Å². The number of hydrogen-bond donors (Lipinski definition) is 2. The zero-order valence-electron chi connectivity index (χ0n) is 10.6. The number of halogens is 1. The number of hydrogen-bond acceptors (Lipinski definition) is 2. The Balaban J connectivity index is 2.02. The van der Waals surface area contributed by atoms with Crippen LogP contribution >= 0.6 is 15.9 Å². The monoisotopic (exact) mass is 325 g/mol. The van der Waals surface area contributed by atoms with Crippen molar-refractivity contribution in [2.24, 2.45) is 5.92 Å². The minimum Gasteiger partial charge on any atom is -0.480 e. The number of amides is 1.